The Labute approximate surface area is 122 Å². The van der Waals surface area contributed by atoms with Crippen LogP contribution in [0.5, 0.6) is 0 Å². The molecule has 0 amide bonds. The Morgan fingerprint density at radius 3 is 1.38 bits per heavy atom. The van der Waals surface area contributed by atoms with Crippen molar-refractivity contribution in [2.75, 3.05) is 19.8 Å². The molecule has 0 spiro atoms. The summed E-state index contributed by atoms with van der Waals surface area (Å²) in [5, 5.41) is 0. The maximum absolute atomic E-state index is 11.1. The highest BCUT2D eigenvalue weighted by molar-refractivity contribution is 5.67. The summed E-state index contributed by atoms with van der Waals surface area (Å²) in [5.74, 6) is -2.84. The Morgan fingerprint density at radius 2 is 1.05 bits per heavy atom. The number of ether oxygens (including phenoxy) is 4. The van der Waals surface area contributed by atoms with E-state index in [1.807, 2.05) is 0 Å². The van der Waals surface area contributed by atoms with Gasteiger partial charge in [-0.05, 0) is 0 Å². The van der Waals surface area contributed by atoms with Crippen LogP contribution in [0.25, 0.3) is 0 Å². The lowest BCUT2D eigenvalue weighted by Gasteiger charge is -2.25. The molecular formula is C13H20O8. The Hall–Kier alpha value is -2.12. The van der Waals surface area contributed by atoms with Gasteiger partial charge in [-0.15, -0.1) is 0 Å². The molecule has 120 valence electrons. The van der Waals surface area contributed by atoms with Gasteiger partial charge >= 0.3 is 23.9 Å². The molecule has 0 aliphatic carbocycles. The molecule has 0 saturated carbocycles. The average Bonchev–Trinajstić information content (AvgIpc) is 2.33. The van der Waals surface area contributed by atoms with Crippen LogP contribution in [0, 0.1) is 5.92 Å². The predicted octanol–water partition coefficient (Wildman–Crippen LogP) is 0.224. The lowest BCUT2D eigenvalue weighted by atomic mass is 10.1. The minimum Gasteiger partial charge on any atom is -0.465 e. The van der Waals surface area contributed by atoms with E-state index < -0.39 is 35.9 Å². The van der Waals surface area contributed by atoms with E-state index >= 15 is 0 Å². The van der Waals surface area contributed by atoms with Gasteiger partial charge in [0, 0.05) is 27.7 Å². The summed E-state index contributed by atoms with van der Waals surface area (Å²) >= 11 is 0. The predicted molar refractivity (Wildman–Crippen MR) is 68.9 cm³/mol. The summed E-state index contributed by atoms with van der Waals surface area (Å²) in [6, 6.07) is 0. The molecule has 0 aromatic rings. The van der Waals surface area contributed by atoms with Gasteiger partial charge < -0.3 is 18.9 Å². The topological polar surface area (TPSA) is 105 Å². The smallest absolute Gasteiger partial charge is 0.303 e. The van der Waals surface area contributed by atoms with Crippen molar-refractivity contribution < 1.29 is 38.1 Å². The summed E-state index contributed by atoms with van der Waals surface area (Å²) in [4.78, 5) is 43.7. The molecule has 0 fully saturated rings. The van der Waals surface area contributed by atoms with Crippen LogP contribution < -0.4 is 0 Å². The molecule has 1 atom stereocenters. The summed E-state index contributed by atoms with van der Waals surface area (Å²) in [6.07, 6.45) is -0.884. The molecule has 0 aliphatic heterocycles. The molecule has 0 radical (unpaired) electrons. The first-order valence-corrected chi connectivity index (χ1v) is 6.29. The van der Waals surface area contributed by atoms with Crippen molar-refractivity contribution in [1.29, 1.82) is 0 Å². The molecule has 0 saturated heterocycles. The second kappa shape index (κ2) is 9.73. The third-order valence-corrected chi connectivity index (χ3v) is 2.30. The number of rotatable bonds is 8. The number of hydrogen-bond donors (Lipinski definition) is 0. The molecule has 0 aromatic heterocycles. The van der Waals surface area contributed by atoms with E-state index in [4.69, 9.17) is 18.9 Å². The first-order valence-electron chi connectivity index (χ1n) is 6.29. The zero-order valence-electron chi connectivity index (χ0n) is 12.5. The van der Waals surface area contributed by atoms with Crippen LogP contribution in [-0.4, -0.2) is 49.8 Å². The highest BCUT2D eigenvalue weighted by atomic mass is 16.6. The van der Waals surface area contributed by atoms with Crippen LogP contribution in [0.2, 0.25) is 0 Å². The van der Waals surface area contributed by atoms with E-state index in [9.17, 15) is 19.2 Å². The van der Waals surface area contributed by atoms with Crippen molar-refractivity contribution in [2.45, 2.75) is 33.8 Å². The molecule has 0 bridgehead atoms. The summed E-state index contributed by atoms with van der Waals surface area (Å²) in [6.45, 7) is 4.34. The lowest BCUT2D eigenvalue weighted by molar-refractivity contribution is -0.166. The highest BCUT2D eigenvalue weighted by Crippen LogP contribution is 2.12. The van der Waals surface area contributed by atoms with E-state index in [0.29, 0.717) is 0 Å². The van der Waals surface area contributed by atoms with Gasteiger partial charge in [0.05, 0.1) is 5.92 Å². The van der Waals surface area contributed by atoms with Crippen molar-refractivity contribution in [2.24, 2.45) is 5.92 Å². The van der Waals surface area contributed by atoms with Crippen LogP contribution in [0.15, 0.2) is 0 Å². The monoisotopic (exact) mass is 304 g/mol. The van der Waals surface area contributed by atoms with E-state index in [1.165, 1.54) is 27.7 Å². The second-order valence-corrected chi connectivity index (χ2v) is 4.32. The average molecular weight is 304 g/mol. The number of carbonyl (C=O) groups is 4. The summed E-state index contributed by atoms with van der Waals surface area (Å²) in [7, 11) is 0. The van der Waals surface area contributed by atoms with Gasteiger partial charge in [0.15, 0.2) is 0 Å². The van der Waals surface area contributed by atoms with Crippen LogP contribution in [0.4, 0.5) is 0 Å². The Morgan fingerprint density at radius 1 is 0.667 bits per heavy atom. The fourth-order valence-corrected chi connectivity index (χ4v) is 1.39. The molecule has 1 unspecified atom stereocenters. The van der Waals surface area contributed by atoms with Gasteiger partial charge in [0.25, 0.3) is 0 Å². The summed E-state index contributed by atoms with van der Waals surface area (Å²) < 4.78 is 19.5. The fourth-order valence-electron chi connectivity index (χ4n) is 1.39. The van der Waals surface area contributed by atoms with Gasteiger partial charge in [-0.2, -0.15) is 0 Å². The fraction of sp³-hybridized carbons (Fsp3) is 0.692. The molecule has 0 N–H and O–H groups in total. The van der Waals surface area contributed by atoms with Crippen LogP contribution in [0.3, 0.4) is 0 Å². The highest BCUT2D eigenvalue weighted by Gasteiger charge is 2.28. The third-order valence-electron chi connectivity index (χ3n) is 2.30. The van der Waals surface area contributed by atoms with E-state index in [1.54, 1.807) is 0 Å². The van der Waals surface area contributed by atoms with E-state index in [0.717, 1.165) is 0 Å². The number of carbonyl (C=O) groups excluding carboxylic acids is 4. The quantitative estimate of drug-likeness (QED) is 0.463. The van der Waals surface area contributed by atoms with Crippen molar-refractivity contribution in [3.8, 4) is 0 Å². The first kappa shape index (κ1) is 18.9. The minimum atomic E-state index is -0.884. The standard InChI is InChI=1S/C13H20O8/c1-8(14)18-5-12(6-19-9(2)15)13(21-11(4)17)7-20-10(3)16/h12-13H,5-7H2,1-4H3. The van der Waals surface area contributed by atoms with E-state index in [-0.39, 0.29) is 19.8 Å². The van der Waals surface area contributed by atoms with Gasteiger partial charge in [-0.25, -0.2) is 0 Å². The Bertz CT molecular complexity index is 372. The lowest BCUT2D eigenvalue weighted by Crippen LogP contribution is -2.37. The molecule has 0 rings (SSSR count). The summed E-state index contributed by atoms with van der Waals surface area (Å²) in [5.41, 5.74) is 0. The van der Waals surface area contributed by atoms with Gasteiger partial charge in [0.1, 0.15) is 25.9 Å². The molecule has 8 nitrogen and oxygen atoms in total. The zero-order chi connectivity index (χ0) is 16.4. The molecule has 8 heteroatoms. The van der Waals surface area contributed by atoms with E-state index in [2.05, 4.69) is 0 Å². The van der Waals surface area contributed by atoms with Gasteiger partial charge in [0.2, 0.25) is 0 Å². The molecule has 0 heterocycles. The second-order valence-electron chi connectivity index (χ2n) is 4.32. The Balaban J connectivity index is 4.83. The van der Waals surface area contributed by atoms with Crippen molar-refractivity contribution in [3.05, 3.63) is 0 Å². The third kappa shape index (κ3) is 10.3. The largest absolute Gasteiger partial charge is 0.465 e. The van der Waals surface area contributed by atoms with Crippen LogP contribution in [0.1, 0.15) is 27.7 Å². The molecule has 0 aliphatic rings. The van der Waals surface area contributed by atoms with Gasteiger partial charge in [-0.1, -0.05) is 0 Å². The van der Waals surface area contributed by atoms with Crippen LogP contribution >= 0.6 is 0 Å². The molecular weight excluding hydrogens is 284 g/mol. The normalized spacial score (nSPS) is 11.5. The first-order chi connectivity index (χ1) is 9.72. The minimum absolute atomic E-state index is 0.137. The SMILES string of the molecule is CC(=O)OCC(COC(C)=O)C(COC(C)=O)OC(C)=O. The van der Waals surface area contributed by atoms with Crippen molar-refractivity contribution in [1.82, 2.24) is 0 Å². The Kier molecular flexibility index (Phi) is 8.75. The maximum atomic E-state index is 11.1. The van der Waals surface area contributed by atoms with Crippen LogP contribution in [-0.2, 0) is 38.1 Å². The molecule has 21 heavy (non-hydrogen) atoms. The number of hydrogen-bond acceptors (Lipinski definition) is 8. The molecule has 0 aromatic carbocycles. The van der Waals surface area contributed by atoms with Crippen molar-refractivity contribution in [3.63, 3.8) is 0 Å². The van der Waals surface area contributed by atoms with Gasteiger partial charge in [-0.3, -0.25) is 19.2 Å². The zero-order valence-corrected chi connectivity index (χ0v) is 12.5. The maximum Gasteiger partial charge on any atom is 0.303 e. The van der Waals surface area contributed by atoms with Crippen molar-refractivity contribution >= 4 is 23.9 Å². The number of esters is 4.